The number of amides is 1. The highest BCUT2D eigenvalue weighted by atomic mass is 79.9. The average Bonchev–Trinajstić information content (AvgIpc) is 3.21. The molecule has 0 radical (unpaired) electrons. The van der Waals surface area contributed by atoms with Gasteiger partial charge in [0.15, 0.2) is 5.84 Å². The lowest BCUT2D eigenvalue weighted by Crippen LogP contribution is -2.35. The maximum absolute atomic E-state index is 12.6. The molecule has 148 valence electrons. The number of nitrogens with zero attached hydrogens (tertiary/aromatic N) is 4. The van der Waals surface area contributed by atoms with Crippen molar-refractivity contribution in [2.75, 3.05) is 0 Å². The van der Waals surface area contributed by atoms with E-state index in [0.29, 0.717) is 5.17 Å². The zero-order valence-electron chi connectivity index (χ0n) is 16.5. The second-order valence-corrected chi connectivity index (χ2v) is 9.15. The van der Waals surface area contributed by atoms with Gasteiger partial charge in [-0.25, -0.2) is 0 Å². The monoisotopic (exact) mass is 469 g/mol. The maximum Gasteiger partial charge on any atom is 0.283 e. The van der Waals surface area contributed by atoms with Gasteiger partial charge in [-0.3, -0.25) is 10.2 Å². The van der Waals surface area contributed by atoms with Crippen LogP contribution < -0.4 is 0 Å². The van der Waals surface area contributed by atoms with Crippen LogP contribution in [-0.4, -0.2) is 31.5 Å². The van der Waals surface area contributed by atoms with Gasteiger partial charge in [0.1, 0.15) is 5.04 Å². The highest BCUT2D eigenvalue weighted by molar-refractivity contribution is 9.10. The molecule has 0 unspecified atom stereocenters. The van der Waals surface area contributed by atoms with Crippen LogP contribution in [0.2, 0.25) is 0 Å². The smallest absolute Gasteiger partial charge is 0.283 e. The molecule has 0 aliphatic carbocycles. The molecular formula is C21H20BrN5OS. The topological polar surface area (TPSA) is 73.8 Å². The van der Waals surface area contributed by atoms with E-state index < -0.39 is 5.91 Å². The average molecular weight is 470 g/mol. The Morgan fingerprint density at radius 2 is 1.90 bits per heavy atom. The summed E-state index contributed by atoms with van der Waals surface area (Å²) >= 11 is 4.82. The molecule has 4 rings (SSSR count). The van der Waals surface area contributed by atoms with E-state index in [9.17, 15) is 4.79 Å². The number of nitrogens with one attached hydrogen (secondary N) is 1. The van der Waals surface area contributed by atoms with Crippen molar-refractivity contribution in [1.82, 2.24) is 9.58 Å². The largest absolute Gasteiger partial charge is 0.318 e. The quantitative estimate of drug-likeness (QED) is 0.632. The Labute approximate surface area is 182 Å². The molecule has 0 fully saturated rings. The van der Waals surface area contributed by atoms with Crippen molar-refractivity contribution in [1.29, 1.82) is 5.41 Å². The lowest BCUT2D eigenvalue weighted by molar-refractivity contribution is -0.114. The first-order valence-corrected chi connectivity index (χ1v) is 10.8. The third-order valence-electron chi connectivity index (χ3n) is 4.82. The Morgan fingerprint density at radius 1 is 1.21 bits per heavy atom. The summed E-state index contributed by atoms with van der Waals surface area (Å²) in [5.74, 6) is -0.118. The van der Waals surface area contributed by atoms with Crippen molar-refractivity contribution in [2.45, 2.75) is 27.7 Å². The van der Waals surface area contributed by atoms with Crippen molar-refractivity contribution in [2.24, 2.45) is 16.0 Å². The van der Waals surface area contributed by atoms with E-state index in [1.807, 2.05) is 58.0 Å². The Balaban J connectivity index is 1.74. The molecule has 0 spiro atoms. The summed E-state index contributed by atoms with van der Waals surface area (Å²) in [6, 6.07) is 10.1. The predicted octanol–water partition coefficient (Wildman–Crippen LogP) is 5.13. The van der Waals surface area contributed by atoms with E-state index in [1.165, 1.54) is 16.8 Å². The highest BCUT2D eigenvalue weighted by Crippen LogP contribution is 2.31. The SMILES string of the molecule is Cc1cc(/C=C2\C(=N)N3N=C(C(C)C)SC3=NC2=O)c(C)n1-c1ccc(Br)cc1. The lowest BCUT2D eigenvalue weighted by atomic mass is 10.1. The number of carbonyl (C=O) groups is 1. The molecule has 2 aromatic rings. The Bertz CT molecular complexity index is 1120. The predicted molar refractivity (Wildman–Crippen MR) is 123 cm³/mol. The number of halogens is 1. The molecule has 0 saturated carbocycles. The van der Waals surface area contributed by atoms with Gasteiger partial charge in [0.25, 0.3) is 5.91 Å². The zero-order valence-corrected chi connectivity index (χ0v) is 18.9. The van der Waals surface area contributed by atoms with Crippen molar-refractivity contribution >= 4 is 55.7 Å². The molecule has 3 heterocycles. The highest BCUT2D eigenvalue weighted by Gasteiger charge is 2.36. The van der Waals surface area contributed by atoms with Gasteiger partial charge in [0, 0.05) is 27.5 Å². The third kappa shape index (κ3) is 3.51. The number of thioether (sulfide) groups is 1. The van der Waals surface area contributed by atoms with Crippen LogP contribution in [0.15, 0.2) is 50.5 Å². The van der Waals surface area contributed by atoms with Crippen LogP contribution in [0.4, 0.5) is 0 Å². The Kier molecular flexibility index (Phi) is 5.08. The lowest BCUT2D eigenvalue weighted by Gasteiger charge is -2.20. The molecule has 1 aromatic heterocycles. The number of rotatable bonds is 3. The van der Waals surface area contributed by atoms with Crippen molar-refractivity contribution in [3.63, 3.8) is 0 Å². The molecular weight excluding hydrogens is 450 g/mol. The molecule has 0 saturated heterocycles. The summed E-state index contributed by atoms with van der Waals surface area (Å²) in [4.78, 5) is 16.8. The minimum absolute atomic E-state index is 0.0663. The summed E-state index contributed by atoms with van der Waals surface area (Å²) in [5, 5.41) is 15.8. The molecule has 2 aliphatic heterocycles. The number of aromatic nitrogens is 1. The van der Waals surface area contributed by atoms with Gasteiger partial charge >= 0.3 is 0 Å². The number of hydrazone groups is 1. The summed E-state index contributed by atoms with van der Waals surface area (Å²) in [6.07, 6.45) is 1.75. The first-order valence-electron chi connectivity index (χ1n) is 9.21. The van der Waals surface area contributed by atoms with Gasteiger partial charge in [0.2, 0.25) is 5.17 Å². The molecule has 6 nitrogen and oxygen atoms in total. The van der Waals surface area contributed by atoms with Crippen LogP contribution >= 0.6 is 27.7 Å². The van der Waals surface area contributed by atoms with Gasteiger partial charge in [0.05, 0.1) is 5.57 Å². The Morgan fingerprint density at radius 3 is 2.55 bits per heavy atom. The molecule has 0 bridgehead atoms. The summed E-state index contributed by atoms with van der Waals surface area (Å²) < 4.78 is 3.15. The number of hydrogen-bond donors (Lipinski definition) is 1. The Hall–Kier alpha value is -2.45. The first-order chi connectivity index (χ1) is 13.8. The van der Waals surface area contributed by atoms with E-state index in [2.05, 4.69) is 30.6 Å². The van der Waals surface area contributed by atoms with Crippen molar-refractivity contribution in [3.05, 3.63) is 57.3 Å². The van der Waals surface area contributed by atoms with Crippen LogP contribution in [0, 0.1) is 25.2 Å². The second-order valence-electron chi connectivity index (χ2n) is 7.25. The van der Waals surface area contributed by atoms with Gasteiger partial charge in [-0.1, -0.05) is 29.8 Å². The van der Waals surface area contributed by atoms with Gasteiger partial charge in [-0.2, -0.15) is 15.1 Å². The number of fused-ring (bicyclic) bond motifs is 1. The van der Waals surface area contributed by atoms with E-state index in [4.69, 9.17) is 5.41 Å². The molecule has 1 amide bonds. The minimum Gasteiger partial charge on any atom is -0.318 e. The zero-order chi connectivity index (χ0) is 20.9. The van der Waals surface area contributed by atoms with Gasteiger partial charge < -0.3 is 4.57 Å². The van der Waals surface area contributed by atoms with Crippen LogP contribution in [0.5, 0.6) is 0 Å². The number of benzene rings is 1. The summed E-state index contributed by atoms with van der Waals surface area (Å²) in [7, 11) is 0. The fraction of sp³-hybridized carbons (Fsp3) is 0.238. The normalized spacial score (nSPS) is 17.9. The molecule has 0 atom stereocenters. The fourth-order valence-electron chi connectivity index (χ4n) is 3.32. The fourth-order valence-corrected chi connectivity index (χ4v) is 4.47. The van der Waals surface area contributed by atoms with Crippen LogP contribution in [-0.2, 0) is 4.79 Å². The molecule has 1 aromatic carbocycles. The molecule has 1 N–H and O–H groups in total. The van der Waals surface area contributed by atoms with E-state index >= 15 is 0 Å². The number of hydrogen-bond acceptors (Lipinski definition) is 4. The van der Waals surface area contributed by atoms with Gasteiger partial charge in [-0.05, 0) is 67.6 Å². The summed E-state index contributed by atoms with van der Waals surface area (Å²) in [6.45, 7) is 8.10. The van der Waals surface area contributed by atoms with E-state index in [-0.39, 0.29) is 17.3 Å². The van der Waals surface area contributed by atoms with Crippen LogP contribution in [0.3, 0.4) is 0 Å². The van der Waals surface area contributed by atoms with Crippen LogP contribution in [0.1, 0.15) is 30.8 Å². The minimum atomic E-state index is -0.401. The van der Waals surface area contributed by atoms with Crippen molar-refractivity contribution < 1.29 is 4.79 Å². The van der Waals surface area contributed by atoms with E-state index in [1.54, 1.807) is 6.08 Å². The van der Waals surface area contributed by atoms with Crippen molar-refractivity contribution in [3.8, 4) is 5.69 Å². The molecule has 2 aliphatic rings. The maximum atomic E-state index is 12.6. The molecule has 29 heavy (non-hydrogen) atoms. The summed E-state index contributed by atoms with van der Waals surface area (Å²) in [5.41, 5.74) is 4.22. The van der Waals surface area contributed by atoms with Crippen LogP contribution in [0.25, 0.3) is 11.8 Å². The third-order valence-corrected chi connectivity index (χ3v) is 6.56. The van der Waals surface area contributed by atoms with E-state index in [0.717, 1.165) is 32.2 Å². The number of aliphatic imine (C=N–C) groups is 1. The van der Waals surface area contributed by atoms with Gasteiger partial charge in [-0.15, -0.1) is 0 Å². The number of carbonyl (C=O) groups excluding carboxylic acids is 1. The first kappa shape index (κ1) is 19.8. The second kappa shape index (κ2) is 7.42. The number of aryl methyl sites for hydroxylation is 1. The standard InChI is InChI=1S/C21H20BrN5OS/c1-11(2)20-25-27-18(23)17(19(28)24-21(27)29-20)10-14-9-12(3)26(13(14)4)16-7-5-15(22)6-8-16/h5-11,23H,1-4H3/b17-10+,23-18?. The number of amidine groups is 2. The molecule has 8 heteroatoms.